The fourth-order valence-corrected chi connectivity index (χ4v) is 1.95. The van der Waals surface area contributed by atoms with Crippen molar-refractivity contribution in [2.75, 3.05) is 0 Å². The SMILES string of the molecule is OC(OCc1ccccc1)SOCc1ccccc1. The summed E-state index contributed by atoms with van der Waals surface area (Å²) in [6.45, 7) is 0.807. The normalized spacial score (nSPS) is 12.3. The van der Waals surface area contributed by atoms with Crippen LogP contribution in [0.2, 0.25) is 0 Å². The van der Waals surface area contributed by atoms with Crippen LogP contribution in [0.4, 0.5) is 0 Å². The van der Waals surface area contributed by atoms with Gasteiger partial charge in [0.15, 0.2) is 0 Å². The Morgan fingerprint density at radius 2 is 1.37 bits per heavy atom. The van der Waals surface area contributed by atoms with E-state index in [0.717, 1.165) is 23.2 Å². The summed E-state index contributed by atoms with van der Waals surface area (Å²) in [6.07, 6.45) is 0. The highest BCUT2D eigenvalue weighted by molar-refractivity contribution is 7.94. The molecule has 0 aliphatic rings. The van der Waals surface area contributed by atoms with Gasteiger partial charge < -0.3 is 14.0 Å². The number of hydrogen-bond acceptors (Lipinski definition) is 4. The molecule has 0 spiro atoms. The molecule has 1 N–H and O–H groups in total. The molecule has 1 atom stereocenters. The summed E-state index contributed by atoms with van der Waals surface area (Å²) in [6, 6.07) is 19.5. The molecule has 4 heteroatoms. The predicted octanol–water partition coefficient (Wildman–Crippen LogP) is 3.34. The Kier molecular flexibility index (Phi) is 5.91. The van der Waals surface area contributed by atoms with Crippen molar-refractivity contribution in [2.45, 2.75) is 18.8 Å². The second kappa shape index (κ2) is 7.96. The third-order valence-electron chi connectivity index (χ3n) is 2.45. The van der Waals surface area contributed by atoms with Crippen LogP contribution in [0.3, 0.4) is 0 Å². The third-order valence-corrected chi connectivity index (χ3v) is 3.01. The fourth-order valence-electron chi connectivity index (χ4n) is 1.50. The zero-order valence-electron chi connectivity index (χ0n) is 10.4. The minimum Gasteiger partial charge on any atom is -0.358 e. The van der Waals surface area contributed by atoms with Gasteiger partial charge in [0.1, 0.15) is 0 Å². The summed E-state index contributed by atoms with van der Waals surface area (Å²) in [5.74, 6) is 0. The van der Waals surface area contributed by atoms with Crippen molar-refractivity contribution in [1.82, 2.24) is 0 Å². The average Bonchev–Trinajstić information content (AvgIpc) is 2.47. The van der Waals surface area contributed by atoms with E-state index in [2.05, 4.69) is 0 Å². The van der Waals surface area contributed by atoms with Crippen molar-refractivity contribution >= 4 is 12.0 Å². The van der Waals surface area contributed by atoms with E-state index in [1.165, 1.54) is 0 Å². The molecule has 0 saturated carbocycles. The zero-order chi connectivity index (χ0) is 13.3. The van der Waals surface area contributed by atoms with E-state index in [1.54, 1.807) is 0 Å². The lowest BCUT2D eigenvalue weighted by Crippen LogP contribution is -2.07. The van der Waals surface area contributed by atoms with Crippen molar-refractivity contribution in [3.05, 3.63) is 71.8 Å². The van der Waals surface area contributed by atoms with Crippen LogP contribution in [-0.2, 0) is 22.1 Å². The molecular weight excluding hydrogens is 260 g/mol. The molecule has 0 aliphatic carbocycles. The number of rotatable bonds is 7. The minimum atomic E-state index is -0.982. The number of aliphatic hydroxyl groups excluding tert-OH is 1. The first-order valence-corrected chi connectivity index (χ1v) is 6.81. The van der Waals surface area contributed by atoms with Crippen LogP contribution in [0, 0.1) is 0 Å². The van der Waals surface area contributed by atoms with Crippen LogP contribution in [0.25, 0.3) is 0 Å². The lowest BCUT2D eigenvalue weighted by Gasteiger charge is -2.11. The van der Waals surface area contributed by atoms with Crippen LogP contribution < -0.4 is 0 Å². The second-order valence-corrected chi connectivity index (χ2v) is 4.78. The number of benzene rings is 2. The zero-order valence-corrected chi connectivity index (χ0v) is 11.3. The molecule has 0 aliphatic heterocycles. The van der Waals surface area contributed by atoms with E-state index in [-0.39, 0.29) is 0 Å². The van der Waals surface area contributed by atoms with Crippen molar-refractivity contribution in [1.29, 1.82) is 0 Å². The average molecular weight is 276 g/mol. The van der Waals surface area contributed by atoms with Gasteiger partial charge in [-0.05, 0) is 11.1 Å². The summed E-state index contributed by atoms with van der Waals surface area (Å²) in [4.78, 5) is 0. The Hall–Kier alpha value is -1.33. The highest BCUT2D eigenvalue weighted by Gasteiger charge is 2.06. The highest BCUT2D eigenvalue weighted by Crippen LogP contribution is 2.16. The molecule has 0 heterocycles. The maximum Gasteiger partial charge on any atom is 0.230 e. The van der Waals surface area contributed by atoms with Gasteiger partial charge in [-0.3, -0.25) is 0 Å². The molecule has 0 saturated heterocycles. The van der Waals surface area contributed by atoms with E-state index in [4.69, 9.17) is 8.92 Å². The number of aliphatic hydroxyl groups is 1. The molecule has 0 fully saturated rings. The summed E-state index contributed by atoms with van der Waals surface area (Å²) in [5.41, 5.74) is 1.10. The second-order valence-electron chi connectivity index (χ2n) is 3.95. The molecule has 100 valence electrons. The third kappa shape index (κ3) is 5.44. The smallest absolute Gasteiger partial charge is 0.230 e. The first kappa shape index (κ1) is 14.1. The first-order valence-electron chi connectivity index (χ1n) is 6.00. The van der Waals surface area contributed by atoms with Gasteiger partial charge in [0.25, 0.3) is 0 Å². The van der Waals surface area contributed by atoms with Crippen LogP contribution in [0.1, 0.15) is 11.1 Å². The van der Waals surface area contributed by atoms with Crippen LogP contribution >= 0.6 is 12.0 Å². The summed E-state index contributed by atoms with van der Waals surface area (Å²) >= 11 is 0.924. The predicted molar refractivity (Wildman–Crippen MR) is 76.1 cm³/mol. The Labute approximate surface area is 117 Å². The standard InChI is InChI=1S/C15H16O3S/c16-15(17-11-13-7-3-1-4-8-13)19-18-12-14-9-5-2-6-10-14/h1-10,15-16H,11-12H2. The molecule has 3 nitrogen and oxygen atoms in total. The largest absolute Gasteiger partial charge is 0.358 e. The van der Waals surface area contributed by atoms with Crippen molar-refractivity contribution in [2.24, 2.45) is 0 Å². The summed E-state index contributed by atoms with van der Waals surface area (Å²) in [7, 11) is 0. The molecule has 1 unspecified atom stereocenters. The van der Waals surface area contributed by atoms with E-state index in [9.17, 15) is 5.11 Å². The Morgan fingerprint density at radius 1 is 0.842 bits per heavy atom. The fraction of sp³-hybridized carbons (Fsp3) is 0.200. The first-order chi connectivity index (χ1) is 9.34. The van der Waals surface area contributed by atoms with Crippen LogP contribution in [0.5, 0.6) is 0 Å². The maximum absolute atomic E-state index is 9.60. The lowest BCUT2D eigenvalue weighted by atomic mass is 10.2. The quantitative estimate of drug-likeness (QED) is 0.622. The molecule has 2 rings (SSSR count). The number of ether oxygens (including phenoxy) is 1. The maximum atomic E-state index is 9.60. The van der Waals surface area contributed by atoms with Crippen LogP contribution in [-0.4, -0.2) is 10.7 Å². The molecule has 0 aromatic heterocycles. The van der Waals surface area contributed by atoms with E-state index in [0.29, 0.717) is 13.2 Å². The van der Waals surface area contributed by atoms with E-state index < -0.39 is 5.62 Å². The van der Waals surface area contributed by atoms with Crippen molar-refractivity contribution in [3.8, 4) is 0 Å². The molecule has 0 radical (unpaired) electrons. The van der Waals surface area contributed by atoms with Gasteiger partial charge >= 0.3 is 0 Å². The molecule has 0 amide bonds. The Bertz CT molecular complexity index is 461. The number of hydrogen-bond donors (Lipinski definition) is 1. The molecular formula is C15H16O3S. The van der Waals surface area contributed by atoms with Crippen LogP contribution in [0.15, 0.2) is 60.7 Å². The van der Waals surface area contributed by atoms with Crippen molar-refractivity contribution in [3.63, 3.8) is 0 Å². The van der Waals surface area contributed by atoms with Gasteiger partial charge in [-0.2, -0.15) is 0 Å². The monoisotopic (exact) mass is 276 g/mol. The van der Waals surface area contributed by atoms with E-state index >= 15 is 0 Å². The molecule has 19 heavy (non-hydrogen) atoms. The van der Waals surface area contributed by atoms with Crippen molar-refractivity contribution < 1.29 is 14.0 Å². The summed E-state index contributed by atoms with van der Waals surface area (Å²) < 4.78 is 10.6. The van der Waals surface area contributed by atoms with Gasteiger partial charge in [-0.15, -0.1) is 0 Å². The molecule has 2 aromatic carbocycles. The summed E-state index contributed by atoms with van der Waals surface area (Å²) in [5, 5.41) is 9.60. The van der Waals surface area contributed by atoms with Gasteiger partial charge in [-0.1, -0.05) is 60.7 Å². The van der Waals surface area contributed by atoms with Gasteiger partial charge in [0, 0.05) is 0 Å². The van der Waals surface area contributed by atoms with Gasteiger partial charge in [0.05, 0.1) is 25.3 Å². The molecule has 0 bridgehead atoms. The van der Waals surface area contributed by atoms with Gasteiger partial charge in [-0.25, -0.2) is 0 Å². The minimum absolute atomic E-state index is 0.365. The Morgan fingerprint density at radius 3 is 1.95 bits per heavy atom. The van der Waals surface area contributed by atoms with Gasteiger partial charge in [0.2, 0.25) is 5.62 Å². The van der Waals surface area contributed by atoms with E-state index in [1.807, 2.05) is 60.7 Å². The molecule has 2 aromatic rings. The topological polar surface area (TPSA) is 38.7 Å². The highest BCUT2D eigenvalue weighted by atomic mass is 32.2. The lowest BCUT2D eigenvalue weighted by molar-refractivity contribution is -0.0465. The Balaban J connectivity index is 1.64.